The van der Waals surface area contributed by atoms with Crippen molar-refractivity contribution < 1.29 is 23.9 Å². The average Bonchev–Trinajstić information content (AvgIpc) is 3.49. The molecule has 1 atom stereocenters. The summed E-state index contributed by atoms with van der Waals surface area (Å²) < 4.78 is 10.7. The Morgan fingerprint density at radius 3 is 2.64 bits per heavy atom. The lowest BCUT2D eigenvalue weighted by atomic mass is 9.91. The van der Waals surface area contributed by atoms with Crippen LogP contribution >= 0.6 is 0 Å². The summed E-state index contributed by atoms with van der Waals surface area (Å²) in [4.78, 5) is 40.1. The fraction of sp³-hybridized carbons (Fsp3) is 0.192. The molecule has 0 spiro atoms. The van der Waals surface area contributed by atoms with Crippen molar-refractivity contribution in [1.29, 1.82) is 0 Å². The molecule has 1 N–H and O–H groups in total. The third-order valence-corrected chi connectivity index (χ3v) is 6.65. The molecule has 0 unspecified atom stereocenters. The maximum atomic E-state index is 13.3. The highest BCUT2D eigenvalue weighted by Gasteiger charge is 2.50. The summed E-state index contributed by atoms with van der Waals surface area (Å²) in [5, 5.41) is 2.74. The van der Waals surface area contributed by atoms with Crippen molar-refractivity contribution in [1.82, 2.24) is 10.2 Å². The topological polar surface area (TPSA) is 84.9 Å². The van der Waals surface area contributed by atoms with E-state index in [1.54, 1.807) is 31.2 Å². The molecule has 0 saturated carbocycles. The normalized spacial score (nSPS) is 20.0. The minimum Gasteiger partial charge on any atom is -0.454 e. The van der Waals surface area contributed by atoms with Crippen LogP contribution in [0.25, 0.3) is 11.1 Å². The third-order valence-electron chi connectivity index (χ3n) is 6.65. The Hall–Kier alpha value is -4.13. The molecular formula is C26H20N2O5. The van der Waals surface area contributed by atoms with Crippen LogP contribution in [0.3, 0.4) is 0 Å². The average molecular weight is 440 g/mol. The molecule has 1 saturated heterocycles. The van der Waals surface area contributed by atoms with Gasteiger partial charge >= 0.3 is 6.03 Å². The Morgan fingerprint density at radius 1 is 0.970 bits per heavy atom. The van der Waals surface area contributed by atoms with Gasteiger partial charge < -0.3 is 14.8 Å². The van der Waals surface area contributed by atoms with Crippen LogP contribution in [0.15, 0.2) is 60.7 Å². The first-order valence-corrected chi connectivity index (χ1v) is 10.7. The van der Waals surface area contributed by atoms with Gasteiger partial charge in [-0.15, -0.1) is 0 Å². The van der Waals surface area contributed by atoms with Crippen LogP contribution in [-0.2, 0) is 16.8 Å². The zero-order chi connectivity index (χ0) is 22.7. The maximum absolute atomic E-state index is 13.3. The van der Waals surface area contributed by atoms with Gasteiger partial charge in [-0.25, -0.2) is 4.79 Å². The number of nitrogens with one attached hydrogen (secondary N) is 1. The minimum absolute atomic E-state index is 0.113. The molecule has 3 aromatic rings. The van der Waals surface area contributed by atoms with E-state index in [2.05, 4.69) is 11.4 Å². The molecule has 2 aliphatic heterocycles. The van der Waals surface area contributed by atoms with Gasteiger partial charge in [-0.2, -0.15) is 0 Å². The molecule has 0 bridgehead atoms. The second-order valence-corrected chi connectivity index (χ2v) is 8.64. The number of imide groups is 1. The number of carbonyl (C=O) groups is 3. The second kappa shape index (κ2) is 6.93. The molecule has 164 valence electrons. The molecule has 0 aromatic heterocycles. The number of hydrogen-bond donors (Lipinski definition) is 1. The van der Waals surface area contributed by atoms with Gasteiger partial charge in [0.25, 0.3) is 5.91 Å². The van der Waals surface area contributed by atoms with Crippen molar-refractivity contribution in [3.05, 3.63) is 82.9 Å². The lowest BCUT2D eigenvalue weighted by Gasteiger charge is -2.22. The van der Waals surface area contributed by atoms with Gasteiger partial charge in [-0.05, 0) is 59.4 Å². The van der Waals surface area contributed by atoms with Gasteiger partial charge in [-0.3, -0.25) is 14.5 Å². The Labute approximate surface area is 189 Å². The Bertz CT molecular complexity index is 1360. The molecule has 2 heterocycles. The van der Waals surface area contributed by atoms with Gasteiger partial charge in [0.1, 0.15) is 5.54 Å². The maximum Gasteiger partial charge on any atom is 0.325 e. The van der Waals surface area contributed by atoms with Gasteiger partial charge in [0.05, 0.1) is 6.54 Å². The minimum atomic E-state index is -1.30. The number of Topliss-reactive ketones (excluding diaryl/α,β-unsaturated/α-hetero) is 1. The van der Waals surface area contributed by atoms with E-state index < -0.39 is 17.5 Å². The van der Waals surface area contributed by atoms with Crippen LogP contribution in [0.2, 0.25) is 0 Å². The molecule has 1 aliphatic carbocycles. The predicted molar refractivity (Wildman–Crippen MR) is 119 cm³/mol. The van der Waals surface area contributed by atoms with Crippen molar-refractivity contribution in [3.63, 3.8) is 0 Å². The monoisotopic (exact) mass is 440 g/mol. The highest BCUT2D eigenvalue weighted by molar-refractivity contribution is 6.11. The van der Waals surface area contributed by atoms with E-state index in [-0.39, 0.29) is 19.1 Å². The molecule has 3 aromatic carbocycles. The summed E-state index contributed by atoms with van der Waals surface area (Å²) in [7, 11) is 0. The fourth-order valence-electron chi connectivity index (χ4n) is 4.78. The summed E-state index contributed by atoms with van der Waals surface area (Å²) >= 11 is 0. The summed E-state index contributed by atoms with van der Waals surface area (Å²) in [5.41, 5.74) is 4.28. The number of ether oxygens (including phenoxy) is 2. The zero-order valence-corrected chi connectivity index (χ0v) is 17.9. The lowest BCUT2D eigenvalue weighted by molar-refractivity contribution is -0.130. The third kappa shape index (κ3) is 2.92. The Morgan fingerprint density at radius 2 is 1.76 bits per heavy atom. The smallest absolute Gasteiger partial charge is 0.325 e. The SMILES string of the molecule is C[C@]1(c2ccc3c(c2)OCO3)NC(=O)N(CC(=O)c2ccc3c(c2)-c2ccccc2C3)C1=O. The van der Waals surface area contributed by atoms with Crippen molar-refractivity contribution in [3.8, 4) is 22.6 Å². The van der Waals surface area contributed by atoms with E-state index in [1.165, 1.54) is 5.56 Å². The molecule has 3 aliphatic rings. The van der Waals surface area contributed by atoms with Crippen LogP contribution in [0.1, 0.15) is 34.0 Å². The Balaban J connectivity index is 1.26. The summed E-state index contributed by atoms with van der Waals surface area (Å²) in [6.45, 7) is 1.41. The number of nitrogens with zero attached hydrogens (tertiary/aromatic N) is 1. The second-order valence-electron chi connectivity index (χ2n) is 8.64. The Kier molecular flexibility index (Phi) is 4.11. The number of ketones is 1. The van der Waals surface area contributed by atoms with E-state index >= 15 is 0 Å². The van der Waals surface area contributed by atoms with E-state index in [1.807, 2.05) is 30.3 Å². The zero-order valence-electron chi connectivity index (χ0n) is 17.9. The summed E-state index contributed by atoms with van der Waals surface area (Å²) in [5.74, 6) is 0.333. The molecule has 33 heavy (non-hydrogen) atoms. The van der Waals surface area contributed by atoms with Crippen molar-refractivity contribution >= 4 is 17.7 Å². The molecule has 3 amide bonds. The number of rotatable bonds is 4. The highest BCUT2D eigenvalue weighted by Crippen LogP contribution is 2.39. The first-order valence-electron chi connectivity index (χ1n) is 10.7. The lowest BCUT2D eigenvalue weighted by Crippen LogP contribution is -2.41. The molecule has 6 rings (SSSR count). The number of benzene rings is 3. The van der Waals surface area contributed by atoms with Crippen LogP contribution in [0.4, 0.5) is 4.79 Å². The van der Waals surface area contributed by atoms with E-state index in [9.17, 15) is 14.4 Å². The highest BCUT2D eigenvalue weighted by atomic mass is 16.7. The molecular weight excluding hydrogens is 420 g/mol. The van der Waals surface area contributed by atoms with Crippen LogP contribution in [0, 0.1) is 0 Å². The molecule has 1 fully saturated rings. The quantitative estimate of drug-likeness (QED) is 0.387. The fourth-order valence-corrected chi connectivity index (χ4v) is 4.78. The summed E-state index contributed by atoms with van der Waals surface area (Å²) in [6.07, 6.45) is 0.834. The first kappa shape index (κ1) is 19.5. The standard InChI is InChI=1S/C26H20N2O5/c1-26(18-8-9-22-23(12-18)33-14-32-22)24(30)28(25(31)27-26)13-21(29)17-7-6-16-10-15-4-2-3-5-19(15)20(16)11-17/h2-9,11-12H,10,13-14H2,1H3,(H,27,31)/t26-/m1/s1. The van der Waals surface area contributed by atoms with Crippen LogP contribution < -0.4 is 14.8 Å². The number of amides is 3. The van der Waals surface area contributed by atoms with Crippen LogP contribution in [0.5, 0.6) is 11.5 Å². The molecule has 7 heteroatoms. The van der Waals surface area contributed by atoms with E-state index in [4.69, 9.17) is 9.47 Å². The first-order chi connectivity index (χ1) is 15.9. The molecule has 0 radical (unpaired) electrons. The van der Waals surface area contributed by atoms with Gasteiger partial charge in [0.15, 0.2) is 17.3 Å². The van der Waals surface area contributed by atoms with Crippen LogP contribution in [-0.4, -0.2) is 36.0 Å². The summed E-state index contributed by atoms with van der Waals surface area (Å²) in [6, 6.07) is 18.2. The number of hydrogen-bond acceptors (Lipinski definition) is 5. The van der Waals surface area contributed by atoms with Crippen molar-refractivity contribution in [2.75, 3.05) is 13.3 Å². The van der Waals surface area contributed by atoms with E-state index in [0.717, 1.165) is 28.0 Å². The molecule has 7 nitrogen and oxygen atoms in total. The van der Waals surface area contributed by atoms with Gasteiger partial charge in [-0.1, -0.05) is 42.5 Å². The van der Waals surface area contributed by atoms with Crippen molar-refractivity contribution in [2.45, 2.75) is 18.9 Å². The number of fused-ring (bicyclic) bond motifs is 4. The number of carbonyl (C=O) groups excluding carboxylic acids is 3. The van der Waals surface area contributed by atoms with Gasteiger partial charge in [0, 0.05) is 5.56 Å². The number of urea groups is 1. The van der Waals surface area contributed by atoms with Crippen molar-refractivity contribution in [2.24, 2.45) is 0 Å². The van der Waals surface area contributed by atoms with Gasteiger partial charge in [0.2, 0.25) is 6.79 Å². The largest absolute Gasteiger partial charge is 0.454 e. The van der Waals surface area contributed by atoms with E-state index in [0.29, 0.717) is 22.6 Å². The predicted octanol–water partition coefficient (Wildman–Crippen LogP) is 3.64.